The summed E-state index contributed by atoms with van der Waals surface area (Å²) in [5, 5.41) is 11.2. The molecule has 0 radical (unpaired) electrons. The maximum Gasteiger partial charge on any atom is 0.296 e. The van der Waals surface area contributed by atoms with Crippen LogP contribution >= 0.6 is 0 Å². The first-order valence-corrected chi connectivity index (χ1v) is 7.49. The van der Waals surface area contributed by atoms with Gasteiger partial charge in [-0.15, -0.1) is 0 Å². The minimum Gasteiger partial charge on any atom is -0.274 e. The second-order valence-electron chi connectivity index (χ2n) is 6.24. The van der Waals surface area contributed by atoms with E-state index in [1.807, 2.05) is 12.2 Å². The fraction of sp³-hybridized carbons (Fsp3) is 0.375. The van der Waals surface area contributed by atoms with E-state index in [0.717, 1.165) is 35.9 Å². The smallest absolute Gasteiger partial charge is 0.274 e. The summed E-state index contributed by atoms with van der Waals surface area (Å²) in [6, 6.07) is 2.90. The fourth-order valence-electron chi connectivity index (χ4n) is 4.14. The van der Waals surface area contributed by atoms with Gasteiger partial charge in [0.15, 0.2) is 0 Å². The van der Waals surface area contributed by atoms with Gasteiger partial charge in [0.25, 0.3) is 5.69 Å². The number of benzene rings is 1. The number of nitrogens with zero attached hydrogens (tertiary/aromatic N) is 2. The molecule has 1 heterocycles. The number of nitro groups is 1. The van der Waals surface area contributed by atoms with E-state index < -0.39 is 40.1 Å². The average molecular weight is 316 g/mol. The number of rotatable bonds is 2. The second-order valence-corrected chi connectivity index (χ2v) is 6.24. The Bertz CT molecular complexity index is 743. The highest BCUT2D eigenvalue weighted by molar-refractivity contribution is 6.23. The zero-order chi connectivity index (χ0) is 16.3. The first kappa shape index (κ1) is 14.0. The summed E-state index contributed by atoms with van der Waals surface area (Å²) >= 11 is 0. The molecule has 2 bridgehead atoms. The molecule has 2 amide bonds. The third kappa shape index (κ3) is 1.85. The first-order chi connectivity index (χ1) is 11.0. The van der Waals surface area contributed by atoms with Crippen LogP contribution in [0, 0.1) is 39.6 Å². The van der Waals surface area contributed by atoms with Gasteiger partial charge in [-0.25, -0.2) is 9.29 Å². The van der Waals surface area contributed by atoms with E-state index in [0.29, 0.717) is 0 Å². The van der Waals surface area contributed by atoms with E-state index in [1.165, 1.54) is 0 Å². The molecule has 4 aliphatic rings. The van der Waals surface area contributed by atoms with Crippen molar-refractivity contribution in [2.75, 3.05) is 4.90 Å². The van der Waals surface area contributed by atoms with Crippen molar-refractivity contribution in [3.8, 4) is 0 Å². The van der Waals surface area contributed by atoms with Crippen LogP contribution in [0.5, 0.6) is 0 Å². The van der Waals surface area contributed by atoms with Crippen LogP contribution in [0.3, 0.4) is 0 Å². The van der Waals surface area contributed by atoms with E-state index in [2.05, 4.69) is 0 Å². The number of hydrogen-bond acceptors (Lipinski definition) is 4. The highest BCUT2D eigenvalue weighted by Gasteiger charge is 2.57. The number of hydrogen-bond donors (Lipinski definition) is 0. The van der Waals surface area contributed by atoms with Gasteiger partial charge in [0, 0.05) is 0 Å². The lowest BCUT2D eigenvalue weighted by molar-refractivity contribution is -0.384. The van der Waals surface area contributed by atoms with E-state index in [1.54, 1.807) is 0 Å². The molecule has 1 aromatic rings. The Morgan fingerprint density at radius 3 is 2.13 bits per heavy atom. The number of allylic oxidation sites excluding steroid dienone is 2. The zero-order valence-electron chi connectivity index (χ0n) is 12.0. The summed E-state index contributed by atoms with van der Waals surface area (Å²) in [5.74, 6) is -2.48. The molecule has 0 unspecified atom stereocenters. The van der Waals surface area contributed by atoms with Gasteiger partial charge in [-0.1, -0.05) is 12.2 Å². The van der Waals surface area contributed by atoms with Crippen LogP contribution in [0.4, 0.5) is 15.8 Å². The molecule has 4 atom stereocenters. The van der Waals surface area contributed by atoms with Gasteiger partial charge in [0.05, 0.1) is 22.8 Å². The predicted octanol–water partition coefficient (Wildman–Crippen LogP) is 2.44. The van der Waals surface area contributed by atoms with Gasteiger partial charge in [0.2, 0.25) is 11.8 Å². The number of anilines is 1. The van der Waals surface area contributed by atoms with Gasteiger partial charge >= 0.3 is 0 Å². The number of nitro benzene ring substituents is 1. The van der Waals surface area contributed by atoms with Crippen molar-refractivity contribution in [2.45, 2.75) is 12.8 Å². The van der Waals surface area contributed by atoms with Crippen LogP contribution in [0.1, 0.15) is 12.8 Å². The van der Waals surface area contributed by atoms with Crippen molar-refractivity contribution in [1.82, 2.24) is 0 Å². The van der Waals surface area contributed by atoms with Crippen LogP contribution in [0.15, 0.2) is 30.4 Å². The van der Waals surface area contributed by atoms with Gasteiger partial charge in [-0.2, -0.15) is 0 Å². The molecule has 6 nitrogen and oxygen atoms in total. The zero-order valence-corrected chi connectivity index (χ0v) is 12.0. The molecule has 3 aliphatic carbocycles. The predicted molar refractivity (Wildman–Crippen MR) is 77.9 cm³/mol. The maximum atomic E-state index is 13.3. The van der Waals surface area contributed by atoms with E-state index in [-0.39, 0.29) is 17.5 Å². The summed E-state index contributed by atoms with van der Waals surface area (Å²) in [6.45, 7) is 0. The lowest BCUT2D eigenvalue weighted by Gasteiger charge is -2.38. The number of carbonyl (C=O) groups excluding carboxylic acids is 2. The van der Waals surface area contributed by atoms with Crippen LogP contribution in [-0.2, 0) is 9.59 Å². The standard InChI is InChI=1S/C16H13FN2O4/c17-10-5-6-11(12(7-10)19(22)23)18-15(20)13-8-1-2-9(4-3-8)14(13)16(18)21/h1-2,5-9,13-14H,3-4H2/t8-,9-,13-,14+/m0/s1. The van der Waals surface area contributed by atoms with Crippen molar-refractivity contribution < 1.29 is 18.9 Å². The van der Waals surface area contributed by atoms with Gasteiger partial charge in [0.1, 0.15) is 11.5 Å². The lowest BCUT2D eigenvalue weighted by atomic mass is 9.63. The number of imide groups is 1. The quantitative estimate of drug-likeness (QED) is 0.363. The molecule has 0 spiro atoms. The minimum absolute atomic E-state index is 0.00551. The van der Waals surface area contributed by atoms with Crippen molar-refractivity contribution in [1.29, 1.82) is 0 Å². The number of fused-ring (bicyclic) bond motifs is 1. The molecule has 2 fully saturated rings. The SMILES string of the molecule is O=C1[C@@H]2[C@H](C(=O)N1c1ccc(F)cc1[N+](=O)[O-])[C@H]1C=C[C@H]2CC1. The summed E-state index contributed by atoms with van der Waals surface area (Å²) < 4.78 is 13.3. The summed E-state index contributed by atoms with van der Waals surface area (Å²) in [5.41, 5.74) is -0.703. The van der Waals surface area contributed by atoms with E-state index in [9.17, 15) is 24.1 Å². The molecule has 5 rings (SSSR count). The molecule has 1 aliphatic heterocycles. The van der Waals surface area contributed by atoms with Gasteiger partial charge in [-0.05, 0) is 36.8 Å². The minimum atomic E-state index is -0.779. The van der Waals surface area contributed by atoms with Crippen LogP contribution < -0.4 is 4.90 Å². The van der Waals surface area contributed by atoms with E-state index >= 15 is 0 Å². The Kier molecular flexibility index (Phi) is 2.88. The Hall–Kier alpha value is -2.57. The lowest BCUT2D eigenvalue weighted by Crippen LogP contribution is -2.38. The number of carbonyl (C=O) groups is 2. The molecule has 1 aromatic carbocycles. The van der Waals surface area contributed by atoms with Crippen molar-refractivity contribution in [3.05, 3.63) is 46.3 Å². The average Bonchev–Trinajstić information content (AvgIpc) is 2.82. The third-order valence-corrected chi connectivity index (χ3v) is 5.13. The second kappa shape index (κ2) is 4.71. The van der Waals surface area contributed by atoms with Crippen LogP contribution in [0.25, 0.3) is 0 Å². The van der Waals surface area contributed by atoms with Crippen molar-refractivity contribution in [3.63, 3.8) is 0 Å². The summed E-state index contributed by atoms with van der Waals surface area (Å²) in [4.78, 5) is 36.8. The van der Waals surface area contributed by atoms with Crippen molar-refractivity contribution >= 4 is 23.2 Å². The number of halogens is 1. The Morgan fingerprint density at radius 2 is 1.65 bits per heavy atom. The molecule has 1 saturated carbocycles. The molecular formula is C16H13FN2O4. The first-order valence-electron chi connectivity index (χ1n) is 7.49. The Balaban J connectivity index is 1.81. The topological polar surface area (TPSA) is 80.5 Å². The Morgan fingerprint density at radius 1 is 1.09 bits per heavy atom. The normalized spacial score (nSPS) is 31.6. The largest absolute Gasteiger partial charge is 0.296 e. The molecular weight excluding hydrogens is 303 g/mol. The molecule has 118 valence electrons. The Labute approximate surface area is 130 Å². The van der Waals surface area contributed by atoms with E-state index in [4.69, 9.17) is 0 Å². The third-order valence-electron chi connectivity index (χ3n) is 5.13. The molecule has 23 heavy (non-hydrogen) atoms. The van der Waals surface area contributed by atoms with Gasteiger partial charge in [-0.3, -0.25) is 19.7 Å². The highest BCUT2D eigenvalue weighted by Crippen LogP contribution is 2.51. The fourth-order valence-corrected chi connectivity index (χ4v) is 4.14. The monoisotopic (exact) mass is 316 g/mol. The van der Waals surface area contributed by atoms with Crippen LogP contribution in [0.2, 0.25) is 0 Å². The van der Waals surface area contributed by atoms with Crippen molar-refractivity contribution in [2.24, 2.45) is 23.7 Å². The molecule has 0 aromatic heterocycles. The molecule has 7 heteroatoms. The maximum absolute atomic E-state index is 13.3. The summed E-state index contributed by atoms with van der Waals surface area (Å²) in [7, 11) is 0. The highest BCUT2D eigenvalue weighted by atomic mass is 19.1. The molecule has 0 N–H and O–H groups in total. The summed E-state index contributed by atoms with van der Waals surface area (Å²) in [6.07, 6.45) is 5.65. The van der Waals surface area contributed by atoms with Gasteiger partial charge < -0.3 is 0 Å². The number of amides is 2. The van der Waals surface area contributed by atoms with Crippen LogP contribution in [-0.4, -0.2) is 16.7 Å². The molecule has 1 saturated heterocycles.